The SMILES string of the molecule is C[C@H](NCC(=O)Nc1ccc(CN2CCOCC2)cc1)c1ccccc1Cl. The average Bonchev–Trinajstić information content (AvgIpc) is 2.69. The van der Waals surface area contributed by atoms with Crippen LogP contribution in [0.1, 0.15) is 24.1 Å². The van der Waals surface area contributed by atoms with Crippen molar-refractivity contribution >= 4 is 23.2 Å². The third-order valence-corrected chi connectivity index (χ3v) is 5.03. The number of amides is 1. The van der Waals surface area contributed by atoms with E-state index in [-0.39, 0.29) is 18.5 Å². The first-order chi connectivity index (χ1) is 13.1. The molecule has 3 rings (SSSR count). The van der Waals surface area contributed by atoms with Crippen molar-refractivity contribution in [2.45, 2.75) is 19.5 Å². The summed E-state index contributed by atoms with van der Waals surface area (Å²) in [4.78, 5) is 14.6. The molecule has 2 N–H and O–H groups in total. The lowest BCUT2D eigenvalue weighted by molar-refractivity contribution is -0.115. The fraction of sp³-hybridized carbons (Fsp3) is 0.381. The molecule has 0 radical (unpaired) electrons. The minimum absolute atomic E-state index is 0.000323. The van der Waals surface area contributed by atoms with Crippen LogP contribution in [0, 0.1) is 0 Å². The van der Waals surface area contributed by atoms with Crippen LogP contribution in [0.25, 0.3) is 0 Å². The van der Waals surface area contributed by atoms with Gasteiger partial charge in [-0.05, 0) is 36.2 Å². The Morgan fingerprint density at radius 2 is 1.85 bits per heavy atom. The highest BCUT2D eigenvalue weighted by Crippen LogP contribution is 2.21. The van der Waals surface area contributed by atoms with E-state index in [9.17, 15) is 4.79 Å². The fourth-order valence-electron chi connectivity index (χ4n) is 3.10. The van der Waals surface area contributed by atoms with Gasteiger partial charge in [-0.3, -0.25) is 9.69 Å². The monoisotopic (exact) mass is 387 g/mol. The van der Waals surface area contributed by atoms with Crippen molar-refractivity contribution in [2.75, 3.05) is 38.2 Å². The number of hydrogen-bond donors (Lipinski definition) is 2. The molecule has 2 aromatic carbocycles. The Kier molecular flexibility index (Phi) is 7.24. The minimum atomic E-state index is -0.0742. The highest BCUT2D eigenvalue weighted by molar-refractivity contribution is 6.31. The molecule has 1 saturated heterocycles. The third-order valence-electron chi connectivity index (χ3n) is 4.69. The topological polar surface area (TPSA) is 53.6 Å². The number of rotatable bonds is 7. The zero-order valence-electron chi connectivity index (χ0n) is 15.6. The number of hydrogen-bond acceptors (Lipinski definition) is 4. The second kappa shape index (κ2) is 9.85. The zero-order valence-corrected chi connectivity index (χ0v) is 16.3. The van der Waals surface area contributed by atoms with Gasteiger partial charge in [-0.1, -0.05) is 41.9 Å². The lowest BCUT2D eigenvalue weighted by Gasteiger charge is -2.26. The predicted octanol–water partition coefficient (Wildman–Crippen LogP) is 3.46. The van der Waals surface area contributed by atoms with Crippen molar-refractivity contribution in [1.29, 1.82) is 0 Å². The molecule has 0 aliphatic carbocycles. The Bertz CT molecular complexity index is 745. The van der Waals surface area contributed by atoms with E-state index in [1.807, 2.05) is 43.3 Å². The van der Waals surface area contributed by atoms with E-state index in [1.54, 1.807) is 0 Å². The summed E-state index contributed by atoms with van der Waals surface area (Å²) in [6, 6.07) is 15.7. The maximum Gasteiger partial charge on any atom is 0.238 e. The highest BCUT2D eigenvalue weighted by atomic mass is 35.5. The molecule has 2 aromatic rings. The van der Waals surface area contributed by atoms with Crippen molar-refractivity contribution in [1.82, 2.24) is 10.2 Å². The summed E-state index contributed by atoms with van der Waals surface area (Å²) in [5, 5.41) is 6.84. The van der Waals surface area contributed by atoms with Crippen LogP contribution in [0.5, 0.6) is 0 Å². The summed E-state index contributed by atoms with van der Waals surface area (Å²) >= 11 is 6.20. The van der Waals surface area contributed by atoms with Gasteiger partial charge in [-0.15, -0.1) is 0 Å². The third kappa shape index (κ3) is 6.04. The van der Waals surface area contributed by atoms with Gasteiger partial charge in [0.25, 0.3) is 0 Å². The standard InChI is InChI=1S/C21H26ClN3O2/c1-16(19-4-2-3-5-20(19)22)23-14-21(26)24-18-8-6-17(7-9-18)15-25-10-12-27-13-11-25/h2-9,16,23H,10-15H2,1H3,(H,24,26)/t16-/m0/s1. The second-order valence-corrected chi connectivity index (χ2v) is 7.16. The van der Waals surface area contributed by atoms with Gasteiger partial charge in [0.2, 0.25) is 5.91 Å². The van der Waals surface area contributed by atoms with Crippen LogP contribution >= 0.6 is 11.6 Å². The van der Waals surface area contributed by atoms with Crippen molar-refractivity contribution in [3.05, 3.63) is 64.7 Å². The molecule has 5 nitrogen and oxygen atoms in total. The molecule has 1 amide bonds. The summed E-state index contributed by atoms with van der Waals surface area (Å²) in [7, 11) is 0. The maximum atomic E-state index is 12.2. The van der Waals surface area contributed by atoms with E-state index >= 15 is 0 Å². The molecule has 0 saturated carbocycles. The molecule has 1 fully saturated rings. The van der Waals surface area contributed by atoms with Crippen molar-refractivity contribution < 1.29 is 9.53 Å². The van der Waals surface area contributed by atoms with E-state index in [4.69, 9.17) is 16.3 Å². The number of nitrogens with one attached hydrogen (secondary N) is 2. The van der Waals surface area contributed by atoms with Crippen LogP contribution in [0.15, 0.2) is 48.5 Å². The number of carbonyl (C=O) groups is 1. The number of nitrogens with zero attached hydrogens (tertiary/aromatic N) is 1. The largest absolute Gasteiger partial charge is 0.379 e. The number of carbonyl (C=O) groups excluding carboxylic acids is 1. The lowest BCUT2D eigenvalue weighted by atomic mass is 10.1. The normalized spacial score (nSPS) is 16.1. The van der Waals surface area contributed by atoms with E-state index in [0.717, 1.165) is 44.1 Å². The first kappa shape index (κ1) is 19.8. The van der Waals surface area contributed by atoms with Gasteiger partial charge in [0.15, 0.2) is 0 Å². The Morgan fingerprint density at radius 1 is 1.15 bits per heavy atom. The molecule has 1 aliphatic rings. The molecule has 144 valence electrons. The fourth-order valence-corrected chi connectivity index (χ4v) is 3.40. The lowest BCUT2D eigenvalue weighted by Crippen LogP contribution is -2.35. The smallest absolute Gasteiger partial charge is 0.238 e. The van der Waals surface area contributed by atoms with E-state index in [2.05, 4.69) is 27.7 Å². The molecule has 6 heteroatoms. The molecule has 0 bridgehead atoms. The van der Waals surface area contributed by atoms with E-state index in [0.29, 0.717) is 5.02 Å². The number of halogens is 1. The molecular weight excluding hydrogens is 362 g/mol. The van der Waals surface area contributed by atoms with Gasteiger partial charge < -0.3 is 15.4 Å². The number of anilines is 1. The Morgan fingerprint density at radius 3 is 2.56 bits per heavy atom. The summed E-state index contributed by atoms with van der Waals surface area (Å²) in [6.07, 6.45) is 0. The van der Waals surface area contributed by atoms with Gasteiger partial charge in [-0.25, -0.2) is 0 Å². The van der Waals surface area contributed by atoms with Gasteiger partial charge in [0, 0.05) is 36.4 Å². The molecular formula is C21H26ClN3O2. The predicted molar refractivity (Wildman–Crippen MR) is 109 cm³/mol. The maximum absolute atomic E-state index is 12.2. The average molecular weight is 388 g/mol. The Hall–Kier alpha value is -1.92. The zero-order chi connectivity index (χ0) is 19.1. The van der Waals surface area contributed by atoms with Crippen LogP contribution in [0.3, 0.4) is 0 Å². The van der Waals surface area contributed by atoms with Crippen molar-refractivity contribution in [2.24, 2.45) is 0 Å². The number of morpholine rings is 1. The van der Waals surface area contributed by atoms with Crippen LogP contribution in [-0.4, -0.2) is 43.7 Å². The van der Waals surface area contributed by atoms with Crippen LogP contribution in [-0.2, 0) is 16.1 Å². The first-order valence-electron chi connectivity index (χ1n) is 9.28. The number of benzene rings is 2. The highest BCUT2D eigenvalue weighted by Gasteiger charge is 2.12. The minimum Gasteiger partial charge on any atom is -0.379 e. The molecule has 0 unspecified atom stereocenters. The van der Waals surface area contributed by atoms with Crippen LogP contribution in [0.2, 0.25) is 5.02 Å². The number of ether oxygens (including phenoxy) is 1. The Balaban J connectivity index is 1.45. The van der Waals surface area contributed by atoms with Gasteiger partial charge in [-0.2, -0.15) is 0 Å². The molecule has 0 aromatic heterocycles. The summed E-state index contributed by atoms with van der Waals surface area (Å²) < 4.78 is 5.37. The van der Waals surface area contributed by atoms with Gasteiger partial charge >= 0.3 is 0 Å². The van der Waals surface area contributed by atoms with Crippen molar-refractivity contribution in [3.63, 3.8) is 0 Å². The summed E-state index contributed by atoms with van der Waals surface area (Å²) in [6.45, 7) is 6.66. The quantitative estimate of drug-likeness (QED) is 0.763. The van der Waals surface area contributed by atoms with Gasteiger partial charge in [0.1, 0.15) is 0 Å². The molecule has 1 aliphatic heterocycles. The van der Waals surface area contributed by atoms with E-state index in [1.165, 1.54) is 5.56 Å². The van der Waals surface area contributed by atoms with Crippen molar-refractivity contribution in [3.8, 4) is 0 Å². The summed E-state index contributed by atoms with van der Waals surface area (Å²) in [5.74, 6) is -0.0742. The van der Waals surface area contributed by atoms with E-state index < -0.39 is 0 Å². The molecule has 1 heterocycles. The summed E-state index contributed by atoms with van der Waals surface area (Å²) in [5.41, 5.74) is 3.03. The Labute approximate surface area is 165 Å². The second-order valence-electron chi connectivity index (χ2n) is 6.76. The van der Waals surface area contributed by atoms with Crippen LogP contribution < -0.4 is 10.6 Å². The van der Waals surface area contributed by atoms with Crippen LogP contribution in [0.4, 0.5) is 5.69 Å². The van der Waals surface area contributed by atoms with Gasteiger partial charge in [0.05, 0.1) is 19.8 Å². The first-order valence-corrected chi connectivity index (χ1v) is 9.66. The molecule has 1 atom stereocenters. The molecule has 27 heavy (non-hydrogen) atoms. The molecule has 0 spiro atoms.